The first-order chi connectivity index (χ1) is 13.4. The average Bonchev–Trinajstić information content (AvgIpc) is 3.29. The van der Waals surface area contributed by atoms with Crippen LogP contribution in [0.3, 0.4) is 0 Å². The topological polar surface area (TPSA) is 101 Å². The molecule has 8 nitrogen and oxygen atoms in total. The van der Waals surface area contributed by atoms with E-state index in [1.54, 1.807) is 4.52 Å². The van der Waals surface area contributed by atoms with Crippen LogP contribution in [-0.4, -0.2) is 31.4 Å². The molecule has 4 rings (SSSR count). The molecule has 1 aliphatic rings. The van der Waals surface area contributed by atoms with Gasteiger partial charge in [-0.3, -0.25) is 20.4 Å². The Morgan fingerprint density at radius 3 is 2.96 bits per heavy atom. The average molecular weight is 398 g/mol. The number of carbonyl (C=O) groups excluding carboxylic acids is 2. The molecular formula is C19H22N6O2S. The van der Waals surface area contributed by atoms with E-state index in [0.29, 0.717) is 16.6 Å². The number of amides is 2. The van der Waals surface area contributed by atoms with Crippen molar-refractivity contribution >= 4 is 28.9 Å². The molecule has 146 valence electrons. The van der Waals surface area contributed by atoms with Gasteiger partial charge >= 0.3 is 0 Å². The Morgan fingerprint density at radius 1 is 1.32 bits per heavy atom. The summed E-state index contributed by atoms with van der Waals surface area (Å²) in [6.07, 6.45) is 4.73. The summed E-state index contributed by atoms with van der Waals surface area (Å²) in [5.74, 6) is 0.568. The molecular weight excluding hydrogens is 376 g/mol. The van der Waals surface area contributed by atoms with E-state index in [4.69, 9.17) is 0 Å². The lowest BCUT2D eigenvalue weighted by molar-refractivity contribution is -0.121. The van der Waals surface area contributed by atoms with E-state index in [-0.39, 0.29) is 18.2 Å². The Hall–Kier alpha value is -2.81. The summed E-state index contributed by atoms with van der Waals surface area (Å²) in [5.41, 5.74) is 8.60. The van der Waals surface area contributed by atoms with Crippen molar-refractivity contribution in [2.45, 2.75) is 46.5 Å². The molecule has 0 spiro atoms. The van der Waals surface area contributed by atoms with Gasteiger partial charge in [0.2, 0.25) is 5.91 Å². The maximum Gasteiger partial charge on any atom is 0.279 e. The molecule has 1 aliphatic carbocycles. The summed E-state index contributed by atoms with van der Waals surface area (Å²) in [6, 6.07) is 1.95. The van der Waals surface area contributed by atoms with Crippen molar-refractivity contribution in [2.24, 2.45) is 5.92 Å². The molecule has 3 aromatic heterocycles. The van der Waals surface area contributed by atoms with E-state index in [1.807, 2.05) is 19.9 Å². The highest BCUT2D eigenvalue weighted by atomic mass is 32.1. The molecule has 0 radical (unpaired) electrons. The Balaban J connectivity index is 1.40. The number of thiophene rings is 1. The molecule has 0 saturated carbocycles. The van der Waals surface area contributed by atoms with Crippen LogP contribution < -0.4 is 10.9 Å². The van der Waals surface area contributed by atoms with Crippen LogP contribution in [0.25, 0.3) is 5.78 Å². The third kappa shape index (κ3) is 3.49. The maximum atomic E-state index is 12.4. The molecule has 2 amide bonds. The second-order valence-electron chi connectivity index (χ2n) is 7.32. The number of hydrogen-bond acceptors (Lipinski definition) is 6. The molecule has 3 heterocycles. The van der Waals surface area contributed by atoms with Gasteiger partial charge in [-0.2, -0.15) is 10.1 Å². The van der Waals surface area contributed by atoms with E-state index in [0.717, 1.165) is 36.2 Å². The largest absolute Gasteiger partial charge is 0.279 e. The van der Waals surface area contributed by atoms with Gasteiger partial charge in [-0.25, -0.2) is 9.50 Å². The van der Waals surface area contributed by atoms with Crippen molar-refractivity contribution < 1.29 is 9.59 Å². The molecule has 0 aromatic carbocycles. The molecule has 0 unspecified atom stereocenters. The summed E-state index contributed by atoms with van der Waals surface area (Å²) in [6.45, 7) is 5.94. The van der Waals surface area contributed by atoms with Gasteiger partial charge in [0.25, 0.3) is 11.7 Å². The van der Waals surface area contributed by atoms with Gasteiger partial charge in [-0.1, -0.05) is 6.92 Å². The lowest BCUT2D eigenvalue weighted by atomic mass is 9.90. The van der Waals surface area contributed by atoms with Crippen LogP contribution in [0.4, 0.5) is 0 Å². The standard InChI is InChI=1S/C19H22N6O2S/c1-10-4-5-15-13(6-10)7-16(28-15)18(27)24-23-17(26)8-14-11(2)22-19-20-9-21-25(19)12(14)3/h7,9-10H,4-6,8H2,1-3H3,(H,23,26)(H,24,27)/t10-/m1/s1. The smallest absolute Gasteiger partial charge is 0.273 e. The van der Waals surface area contributed by atoms with Crippen LogP contribution in [-0.2, 0) is 24.1 Å². The van der Waals surface area contributed by atoms with Gasteiger partial charge in [0.15, 0.2) is 0 Å². The number of hydrazine groups is 1. The van der Waals surface area contributed by atoms with Crippen LogP contribution in [0.1, 0.15) is 50.4 Å². The normalized spacial score (nSPS) is 16.0. The van der Waals surface area contributed by atoms with E-state index in [1.165, 1.54) is 28.1 Å². The predicted octanol–water partition coefficient (Wildman–Crippen LogP) is 1.93. The lowest BCUT2D eigenvalue weighted by Gasteiger charge is -2.16. The van der Waals surface area contributed by atoms with E-state index in [2.05, 4.69) is 32.8 Å². The first-order valence-corrected chi connectivity index (χ1v) is 10.1. The van der Waals surface area contributed by atoms with Crippen LogP contribution >= 0.6 is 11.3 Å². The Morgan fingerprint density at radius 2 is 2.14 bits per heavy atom. The molecule has 0 bridgehead atoms. The quantitative estimate of drug-likeness (QED) is 0.657. The fourth-order valence-corrected chi connectivity index (χ4v) is 4.73. The highest BCUT2D eigenvalue weighted by Gasteiger charge is 2.21. The fourth-order valence-electron chi connectivity index (χ4n) is 3.62. The Bertz CT molecular complexity index is 1070. The molecule has 28 heavy (non-hydrogen) atoms. The van der Waals surface area contributed by atoms with Crippen LogP contribution in [0.5, 0.6) is 0 Å². The summed E-state index contributed by atoms with van der Waals surface area (Å²) in [5, 5.41) is 4.12. The SMILES string of the molecule is Cc1nc2ncnn2c(C)c1CC(=O)NNC(=O)c1cc2c(s1)CC[C@@H](C)C2. The van der Waals surface area contributed by atoms with Crippen LogP contribution in [0.2, 0.25) is 0 Å². The number of fused-ring (bicyclic) bond motifs is 2. The van der Waals surface area contributed by atoms with E-state index in [9.17, 15) is 9.59 Å². The first-order valence-electron chi connectivity index (χ1n) is 9.29. The first kappa shape index (κ1) is 18.5. The number of carbonyl (C=O) groups is 2. The summed E-state index contributed by atoms with van der Waals surface area (Å²) in [7, 11) is 0. The van der Waals surface area contributed by atoms with Gasteiger partial charge in [0, 0.05) is 21.8 Å². The molecule has 1 atom stereocenters. The van der Waals surface area contributed by atoms with Crippen molar-refractivity contribution in [1.29, 1.82) is 0 Å². The van der Waals surface area contributed by atoms with E-state index >= 15 is 0 Å². The van der Waals surface area contributed by atoms with Gasteiger partial charge < -0.3 is 0 Å². The number of aryl methyl sites for hydroxylation is 3. The minimum absolute atomic E-state index is 0.0964. The molecule has 0 aliphatic heterocycles. The lowest BCUT2D eigenvalue weighted by Crippen LogP contribution is -2.42. The van der Waals surface area contributed by atoms with Crippen molar-refractivity contribution in [2.75, 3.05) is 0 Å². The van der Waals surface area contributed by atoms with Gasteiger partial charge in [0.1, 0.15) is 6.33 Å². The highest BCUT2D eigenvalue weighted by molar-refractivity contribution is 7.14. The van der Waals surface area contributed by atoms with Crippen molar-refractivity contribution in [3.63, 3.8) is 0 Å². The highest BCUT2D eigenvalue weighted by Crippen LogP contribution is 2.32. The van der Waals surface area contributed by atoms with E-state index < -0.39 is 0 Å². The zero-order chi connectivity index (χ0) is 19.8. The Labute approximate surface area is 166 Å². The number of aromatic nitrogens is 4. The molecule has 2 N–H and O–H groups in total. The number of nitrogens with zero attached hydrogens (tertiary/aromatic N) is 4. The zero-order valence-electron chi connectivity index (χ0n) is 16.1. The maximum absolute atomic E-state index is 12.4. The van der Waals surface area contributed by atoms with Crippen molar-refractivity contribution in [3.05, 3.63) is 44.7 Å². The minimum Gasteiger partial charge on any atom is -0.273 e. The summed E-state index contributed by atoms with van der Waals surface area (Å²) in [4.78, 5) is 35.1. The van der Waals surface area contributed by atoms with Gasteiger partial charge in [-0.05, 0) is 50.7 Å². The van der Waals surface area contributed by atoms with Gasteiger partial charge in [0.05, 0.1) is 11.3 Å². The molecule has 0 saturated heterocycles. The van der Waals surface area contributed by atoms with Crippen molar-refractivity contribution in [3.8, 4) is 0 Å². The molecule has 3 aromatic rings. The second kappa shape index (κ2) is 7.31. The fraction of sp³-hybridized carbons (Fsp3) is 0.421. The summed E-state index contributed by atoms with van der Waals surface area (Å²) < 4.78 is 1.60. The number of rotatable bonds is 3. The monoisotopic (exact) mass is 398 g/mol. The third-order valence-corrected chi connectivity index (χ3v) is 6.43. The molecule has 0 fully saturated rings. The van der Waals surface area contributed by atoms with Crippen LogP contribution in [0, 0.1) is 19.8 Å². The van der Waals surface area contributed by atoms with Gasteiger partial charge in [-0.15, -0.1) is 11.3 Å². The zero-order valence-corrected chi connectivity index (χ0v) is 16.9. The Kier molecular flexibility index (Phi) is 4.84. The third-order valence-electron chi connectivity index (χ3n) is 5.19. The predicted molar refractivity (Wildman–Crippen MR) is 105 cm³/mol. The number of nitrogens with one attached hydrogen (secondary N) is 2. The van der Waals surface area contributed by atoms with Crippen molar-refractivity contribution in [1.82, 2.24) is 30.4 Å². The second-order valence-corrected chi connectivity index (χ2v) is 8.46. The summed E-state index contributed by atoms with van der Waals surface area (Å²) >= 11 is 1.52. The van der Waals surface area contributed by atoms with Crippen LogP contribution in [0.15, 0.2) is 12.4 Å². The number of hydrogen-bond donors (Lipinski definition) is 2. The minimum atomic E-state index is -0.309. The molecule has 9 heteroatoms.